The van der Waals surface area contributed by atoms with Crippen molar-refractivity contribution in [2.75, 3.05) is 19.6 Å². The fourth-order valence-electron chi connectivity index (χ4n) is 2.06. The Hall–Kier alpha value is 0.540. The third kappa shape index (κ3) is 12.8. The summed E-state index contributed by atoms with van der Waals surface area (Å²) >= 11 is 11.4. The number of rotatable bonds is 12. The maximum Gasteiger partial charge on any atom is 0.107 e. The van der Waals surface area contributed by atoms with Crippen LogP contribution in [0.5, 0.6) is 0 Å². The predicted octanol–water partition coefficient (Wildman–Crippen LogP) is 5.25. The van der Waals surface area contributed by atoms with E-state index in [4.69, 9.17) is 23.2 Å². The second-order valence-corrected chi connectivity index (χ2v) is 5.96. The molecular formula is C14H29Cl2N. The third-order valence-electron chi connectivity index (χ3n) is 3.29. The summed E-state index contributed by atoms with van der Waals surface area (Å²) in [4.78, 5) is 2.34. The first-order chi connectivity index (χ1) is 8.20. The number of halogens is 2. The molecule has 104 valence electrons. The minimum Gasteiger partial charge on any atom is -0.304 e. The van der Waals surface area contributed by atoms with E-state index >= 15 is 0 Å². The molecule has 17 heavy (non-hydrogen) atoms. The zero-order valence-corrected chi connectivity index (χ0v) is 13.1. The van der Waals surface area contributed by atoms with Crippen LogP contribution in [-0.2, 0) is 0 Å². The van der Waals surface area contributed by atoms with Gasteiger partial charge in [0.15, 0.2) is 0 Å². The van der Waals surface area contributed by atoms with Gasteiger partial charge < -0.3 is 4.90 Å². The summed E-state index contributed by atoms with van der Waals surface area (Å²) in [5.74, 6) is 0. The van der Waals surface area contributed by atoms with Crippen molar-refractivity contribution in [3.05, 3.63) is 0 Å². The molecule has 0 atom stereocenters. The highest BCUT2D eigenvalue weighted by molar-refractivity contribution is 6.44. The van der Waals surface area contributed by atoms with Crippen LogP contribution in [0.15, 0.2) is 0 Å². The van der Waals surface area contributed by atoms with Crippen LogP contribution in [0, 0.1) is 0 Å². The summed E-state index contributed by atoms with van der Waals surface area (Å²) < 4.78 is 0. The van der Waals surface area contributed by atoms with E-state index in [1.165, 1.54) is 64.6 Å². The fraction of sp³-hybridized carbons (Fsp3) is 1.00. The second kappa shape index (κ2) is 13.0. The molecule has 0 aromatic heterocycles. The summed E-state index contributed by atoms with van der Waals surface area (Å²) in [5, 5.41) is 0. The molecule has 0 bridgehead atoms. The standard InChI is InChI=1S/C14H29Cl2N/c1-3-17(4-2)13-11-9-7-5-6-8-10-12-14(15)16/h14H,3-13H2,1-2H3. The van der Waals surface area contributed by atoms with Gasteiger partial charge in [-0.3, -0.25) is 0 Å². The van der Waals surface area contributed by atoms with Crippen LogP contribution in [0.3, 0.4) is 0 Å². The molecule has 0 aromatic rings. The van der Waals surface area contributed by atoms with E-state index in [2.05, 4.69) is 18.7 Å². The lowest BCUT2D eigenvalue weighted by Gasteiger charge is -2.17. The van der Waals surface area contributed by atoms with Crippen LogP contribution < -0.4 is 0 Å². The monoisotopic (exact) mass is 281 g/mol. The number of nitrogens with zero attached hydrogens (tertiary/aromatic N) is 1. The average molecular weight is 282 g/mol. The summed E-state index contributed by atoms with van der Waals surface area (Å²) in [7, 11) is 0. The van der Waals surface area contributed by atoms with E-state index in [-0.39, 0.29) is 4.84 Å². The lowest BCUT2D eigenvalue weighted by Crippen LogP contribution is -2.23. The molecule has 0 amide bonds. The van der Waals surface area contributed by atoms with Gasteiger partial charge in [-0.2, -0.15) is 0 Å². The number of hydrogen-bond acceptors (Lipinski definition) is 1. The number of alkyl halides is 2. The maximum atomic E-state index is 5.68. The highest BCUT2D eigenvalue weighted by Crippen LogP contribution is 2.14. The van der Waals surface area contributed by atoms with Crippen molar-refractivity contribution in [1.82, 2.24) is 4.90 Å². The van der Waals surface area contributed by atoms with Gasteiger partial charge in [0.05, 0.1) is 0 Å². The number of hydrogen-bond donors (Lipinski definition) is 0. The molecule has 0 unspecified atom stereocenters. The van der Waals surface area contributed by atoms with Crippen molar-refractivity contribution in [3.8, 4) is 0 Å². The first-order valence-corrected chi connectivity index (χ1v) is 8.08. The molecule has 0 fully saturated rings. The van der Waals surface area contributed by atoms with Gasteiger partial charge >= 0.3 is 0 Å². The molecule has 0 aliphatic rings. The van der Waals surface area contributed by atoms with E-state index < -0.39 is 0 Å². The van der Waals surface area contributed by atoms with Crippen LogP contribution in [0.1, 0.15) is 65.2 Å². The van der Waals surface area contributed by atoms with Gasteiger partial charge in [-0.05, 0) is 32.5 Å². The minimum atomic E-state index is -0.163. The van der Waals surface area contributed by atoms with Crippen molar-refractivity contribution in [2.45, 2.75) is 70.1 Å². The van der Waals surface area contributed by atoms with Crippen LogP contribution in [0.25, 0.3) is 0 Å². The predicted molar refractivity (Wildman–Crippen MR) is 80.2 cm³/mol. The van der Waals surface area contributed by atoms with E-state index in [0.29, 0.717) is 0 Å². The van der Waals surface area contributed by atoms with Gasteiger partial charge in [0.2, 0.25) is 0 Å². The topological polar surface area (TPSA) is 3.24 Å². The normalized spacial score (nSPS) is 11.6. The summed E-state index contributed by atoms with van der Waals surface area (Å²) in [6.07, 6.45) is 10.2. The zero-order valence-electron chi connectivity index (χ0n) is 11.6. The number of unbranched alkanes of at least 4 members (excludes halogenated alkanes) is 6. The molecule has 0 heterocycles. The Bertz CT molecular complexity index is 147. The first kappa shape index (κ1) is 17.5. The Labute approximate surface area is 118 Å². The van der Waals surface area contributed by atoms with Crippen molar-refractivity contribution in [3.63, 3.8) is 0 Å². The maximum absolute atomic E-state index is 5.68. The lowest BCUT2D eigenvalue weighted by molar-refractivity contribution is 0.295. The van der Waals surface area contributed by atoms with Gasteiger partial charge in [-0.25, -0.2) is 0 Å². The largest absolute Gasteiger partial charge is 0.304 e. The molecule has 0 spiro atoms. The van der Waals surface area contributed by atoms with Gasteiger partial charge in [0.25, 0.3) is 0 Å². The smallest absolute Gasteiger partial charge is 0.107 e. The van der Waals surface area contributed by atoms with Gasteiger partial charge in [-0.15, -0.1) is 23.2 Å². The molecule has 0 aliphatic carbocycles. The Balaban J connectivity index is 3.08. The summed E-state index contributed by atoms with van der Waals surface area (Å²) in [6.45, 7) is 8.13. The van der Waals surface area contributed by atoms with Gasteiger partial charge in [0, 0.05) is 0 Å². The van der Waals surface area contributed by atoms with Gasteiger partial charge in [0.1, 0.15) is 4.84 Å². The Kier molecular flexibility index (Phi) is 13.4. The van der Waals surface area contributed by atoms with Crippen molar-refractivity contribution in [1.29, 1.82) is 0 Å². The summed E-state index contributed by atoms with van der Waals surface area (Å²) in [6, 6.07) is 0. The van der Waals surface area contributed by atoms with E-state index in [0.717, 1.165) is 6.42 Å². The highest BCUT2D eigenvalue weighted by atomic mass is 35.5. The van der Waals surface area contributed by atoms with Crippen molar-refractivity contribution < 1.29 is 0 Å². The minimum absolute atomic E-state index is 0.163. The van der Waals surface area contributed by atoms with Crippen LogP contribution in [0.4, 0.5) is 0 Å². The zero-order chi connectivity index (χ0) is 12.9. The molecule has 0 aromatic carbocycles. The highest BCUT2D eigenvalue weighted by Gasteiger charge is 1.99. The SMILES string of the molecule is CCN(CC)CCCCCCCCCC(Cl)Cl. The van der Waals surface area contributed by atoms with E-state index in [1.54, 1.807) is 0 Å². The van der Waals surface area contributed by atoms with Crippen LogP contribution in [-0.4, -0.2) is 29.4 Å². The first-order valence-electron chi connectivity index (χ1n) is 7.21. The van der Waals surface area contributed by atoms with E-state index in [9.17, 15) is 0 Å². The van der Waals surface area contributed by atoms with Crippen molar-refractivity contribution >= 4 is 23.2 Å². The van der Waals surface area contributed by atoms with E-state index in [1.807, 2.05) is 0 Å². The second-order valence-electron chi connectivity index (χ2n) is 4.68. The third-order valence-corrected chi connectivity index (χ3v) is 3.73. The Morgan fingerprint density at radius 1 is 0.765 bits per heavy atom. The molecular weight excluding hydrogens is 253 g/mol. The molecule has 0 N–H and O–H groups in total. The quantitative estimate of drug-likeness (QED) is 0.349. The molecule has 0 saturated carbocycles. The Morgan fingerprint density at radius 2 is 1.24 bits per heavy atom. The lowest BCUT2D eigenvalue weighted by atomic mass is 10.1. The molecule has 3 heteroatoms. The fourth-order valence-corrected chi connectivity index (χ4v) is 2.37. The summed E-state index contributed by atoms with van der Waals surface area (Å²) in [5.41, 5.74) is 0. The average Bonchev–Trinajstić information content (AvgIpc) is 2.31. The molecule has 0 rings (SSSR count). The molecule has 1 nitrogen and oxygen atoms in total. The van der Waals surface area contributed by atoms with Crippen LogP contribution >= 0.6 is 23.2 Å². The molecule has 0 aliphatic heterocycles. The van der Waals surface area contributed by atoms with Crippen molar-refractivity contribution in [2.24, 2.45) is 0 Å². The molecule has 0 radical (unpaired) electrons. The van der Waals surface area contributed by atoms with Gasteiger partial charge in [-0.1, -0.05) is 52.4 Å². The molecule has 0 saturated heterocycles. The van der Waals surface area contributed by atoms with Crippen LogP contribution in [0.2, 0.25) is 0 Å². The Morgan fingerprint density at radius 3 is 1.71 bits per heavy atom.